The standard InChI is InChI=1S/C16H18N6O2S2/c1-22-12(13-4-2-7-25-13)8-10(21-22)15(24)20-16-19-11(9-26-16)14(23)18-6-3-5-17/h2,4,7-9H,3,5-6,17H2,1H3,(H,18,23)(H,19,20,24). The number of thiophene rings is 1. The van der Waals surface area contributed by atoms with Crippen LogP contribution in [0.1, 0.15) is 27.4 Å². The summed E-state index contributed by atoms with van der Waals surface area (Å²) in [6.07, 6.45) is 0.700. The number of nitrogens with one attached hydrogen (secondary N) is 2. The van der Waals surface area contributed by atoms with Crippen LogP contribution in [0.2, 0.25) is 0 Å². The number of aryl methyl sites for hydroxylation is 1. The molecular weight excluding hydrogens is 372 g/mol. The first kappa shape index (κ1) is 18.2. The van der Waals surface area contributed by atoms with Gasteiger partial charge in [0.1, 0.15) is 5.69 Å². The van der Waals surface area contributed by atoms with Crippen molar-refractivity contribution in [2.45, 2.75) is 6.42 Å². The topological polar surface area (TPSA) is 115 Å². The maximum Gasteiger partial charge on any atom is 0.277 e. The average Bonchev–Trinajstić information content (AvgIpc) is 3.35. The highest BCUT2D eigenvalue weighted by Crippen LogP contribution is 2.25. The number of aromatic nitrogens is 3. The molecule has 0 saturated heterocycles. The van der Waals surface area contributed by atoms with E-state index in [1.165, 1.54) is 11.3 Å². The van der Waals surface area contributed by atoms with E-state index in [0.29, 0.717) is 30.3 Å². The molecule has 3 rings (SSSR count). The number of nitrogens with zero attached hydrogens (tertiary/aromatic N) is 3. The highest BCUT2D eigenvalue weighted by Gasteiger charge is 2.17. The third-order valence-electron chi connectivity index (χ3n) is 3.51. The Labute approximate surface area is 158 Å². The number of nitrogens with two attached hydrogens (primary N) is 1. The molecular formula is C16H18N6O2S2. The van der Waals surface area contributed by atoms with E-state index in [0.717, 1.165) is 10.6 Å². The van der Waals surface area contributed by atoms with Gasteiger partial charge in [-0.2, -0.15) is 5.10 Å². The van der Waals surface area contributed by atoms with Crippen molar-refractivity contribution < 1.29 is 9.59 Å². The quantitative estimate of drug-likeness (QED) is 0.533. The van der Waals surface area contributed by atoms with E-state index in [9.17, 15) is 9.59 Å². The summed E-state index contributed by atoms with van der Waals surface area (Å²) in [6, 6.07) is 5.65. The molecule has 0 saturated carbocycles. The van der Waals surface area contributed by atoms with E-state index in [1.807, 2.05) is 17.5 Å². The van der Waals surface area contributed by atoms with Gasteiger partial charge in [-0.1, -0.05) is 6.07 Å². The molecule has 0 unspecified atom stereocenters. The molecule has 4 N–H and O–H groups in total. The molecule has 2 amide bonds. The molecule has 0 bridgehead atoms. The van der Waals surface area contributed by atoms with Gasteiger partial charge in [0, 0.05) is 19.0 Å². The lowest BCUT2D eigenvalue weighted by Crippen LogP contribution is -2.26. The van der Waals surface area contributed by atoms with E-state index in [-0.39, 0.29) is 17.5 Å². The van der Waals surface area contributed by atoms with Gasteiger partial charge in [0.15, 0.2) is 10.8 Å². The molecule has 0 spiro atoms. The third kappa shape index (κ3) is 4.15. The van der Waals surface area contributed by atoms with E-state index >= 15 is 0 Å². The van der Waals surface area contributed by atoms with Crippen molar-refractivity contribution in [1.82, 2.24) is 20.1 Å². The first-order valence-electron chi connectivity index (χ1n) is 7.91. The van der Waals surface area contributed by atoms with Gasteiger partial charge in [-0.3, -0.25) is 19.6 Å². The van der Waals surface area contributed by atoms with E-state index in [2.05, 4.69) is 20.7 Å². The average molecular weight is 390 g/mol. The highest BCUT2D eigenvalue weighted by molar-refractivity contribution is 7.14. The molecule has 8 nitrogen and oxygen atoms in total. The van der Waals surface area contributed by atoms with Gasteiger partial charge in [0.25, 0.3) is 11.8 Å². The Bertz CT molecular complexity index is 900. The molecule has 0 aromatic carbocycles. The van der Waals surface area contributed by atoms with Gasteiger partial charge < -0.3 is 11.1 Å². The van der Waals surface area contributed by atoms with Crippen LogP contribution in [0.4, 0.5) is 5.13 Å². The van der Waals surface area contributed by atoms with Crippen LogP contribution >= 0.6 is 22.7 Å². The summed E-state index contributed by atoms with van der Waals surface area (Å²) in [5.41, 5.74) is 6.81. The molecule has 0 aliphatic rings. The minimum Gasteiger partial charge on any atom is -0.351 e. The van der Waals surface area contributed by atoms with Crippen molar-refractivity contribution in [3.63, 3.8) is 0 Å². The summed E-state index contributed by atoms with van der Waals surface area (Å²) in [5.74, 6) is -0.652. The minimum absolute atomic E-state index is 0.266. The zero-order chi connectivity index (χ0) is 18.5. The van der Waals surface area contributed by atoms with Crippen molar-refractivity contribution in [3.05, 3.63) is 40.3 Å². The maximum atomic E-state index is 12.4. The lowest BCUT2D eigenvalue weighted by molar-refractivity contribution is 0.0947. The normalized spacial score (nSPS) is 10.7. The minimum atomic E-state index is -0.368. The van der Waals surface area contributed by atoms with Crippen LogP contribution in [0, 0.1) is 0 Å². The largest absolute Gasteiger partial charge is 0.351 e. The molecule has 0 radical (unpaired) electrons. The van der Waals surface area contributed by atoms with Crippen LogP contribution in [0.5, 0.6) is 0 Å². The number of hydrogen-bond donors (Lipinski definition) is 3. The predicted molar refractivity (Wildman–Crippen MR) is 103 cm³/mol. The smallest absolute Gasteiger partial charge is 0.277 e. The molecule has 0 aliphatic carbocycles. The summed E-state index contributed by atoms with van der Waals surface area (Å²) in [6.45, 7) is 1.00. The first-order valence-corrected chi connectivity index (χ1v) is 9.67. The van der Waals surface area contributed by atoms with Crippen molar-refractivity contribution in [1.29, 1.82) is 0 Å². The Kier molecular flexibility index (Phi) is 5.76. The number of carbonyl (C=O) groups excluding carboxylic acids is 2. The predicted octanol–water partition coefficient (Wildman–Crippen LogP) is 1.94. The number of amides is 2. The number of hydrogen-bond acceptors (Lipinski definition) is 7. The molecule has 0 fully saturated rings. The Morgan fingerprint density at radius 3 is 2.85 bits per heavy atom. The Hall–Kier alpha value is -2.56. The van der Waals surface area contributed by atoms with Crippen LogP contribution in [-0.4, -0.2) is 39.7 Å². The van der Waals surface area contributed by atoms with Gasteiger partial charge in [0.05, 0.1) is 10.6 Å². The lowest BCUT2D eigenvalue weighted by Gasteiger charge is -2.00. The monoisotopic (exact) mass is 390 g/mol. The maximum absolute atomic E-state index is 12.4. The van der Waals surface area contributed by atoms with Gasteiger partial charge in [-0.15, -0.1) is 22.7 Å². The van der Waals surface area contributed by atoms with Gasteiger partial charge in [-0.05, 0) is 30.5 Å². The molecule has 0 atom stereocenters. The van der Waals surface area contributed by atoms with Crippen LogP contribution in [0.15, 0.2) is 29.0 Å². The van der Waals surface area contributed by atoms with E-state index in [4.69, 9.17) is 5.73 Å². The van der Waals surface area contributed by atoms with Crippen molar-refractivity contribution >= 4 is 39.6 Å². The van der Waals surface area contributed by atoms with Crippen molar-refractivity contribution in [3.8, 4) is 10.6 Å². The van der Waals surface area contributed by atoms with Gasteiger partial charge in [-0.25, -0.2) is 4.98 Å². The van der Waals surface area contributed by atoms with Crippen LogP contribution in [-0.2, 0) is 7.05 Å². The third-order valence-corrected chi connectivity index (χ3v) is 5.16. The SMILES string of the molecule is Cn1nc(C(=O)Nc2nc(C(=O)NCCCN)cs2)cc1-c1cccs1. The molecule has 26 heavy (non-hydrogen) atoms. The number of carbonyl (C=O) groups is 2. The zero-order valence-corrected chi connectivity index (χ0v) is 15.7. The summed E-state index contributed by atoms with van der Waals surface area (Å²) in [5, 5.41) is 13.6. The van der Waals surface area contributed by atoms with Gasteiger partial charge in [0.2, 0.25) is 0 Å². The van der Waals surface area contributed by atoms with E-state index < -0.39 is 0 Å². The molecule has 3 aromatic heterocycles. The fourth-order valence-corrected chi connectivity index (χ4v) is 3.68. The van der Waals surface area contributed by atoms with Crippen LogP contribution in [0.3, 0.4) is 0 Å². The second-order valence-electron chi connectivity index (χ2n) is 5.41. The summed E-state index contributed by atoms with van der Waals surface area (Å²) < 4.78 is 1.67. The number of thiazole rings is 1. The lowest BCUT2D eigenvalue weighted by atomic mass is 10.3. The fraction of sp³-hybridized carbons (Fsp3) is 0.250. The summed E-state index contributed by atoms with van der Waals surface area (Å²) in [7, 11) is 1.79. The summed E-state index contributed by atoms with van der Waals surface area (Å²) in [4.78, 5) is 29.5. The Morgan fingerprint density at radius 1 is 1.27 bits per heavy atom. The van der Waals surface area contributed by atoms with Crippen molar-refractivity contribution in [2.75, 3.05) is 18.4 Å². The second kappa shape index (κ2) is 8.21. The second-order valence-corrected chi connectivity index (χ2v) is 7.21. The zero-order valence-electron chi connectivity index (χ0n) is 14.1. The molecule has 0 aliphatic heterocycles. The molecule has 136 valence electrons. The molecule has 3 aromatic rings. The Morgan fingerprint density at radius 2 is 2.12 bits per heavy atom. The molecule has 10 heteroatoms. The fourth-order valence-electron chi connectivity index (χ4n) is 2.22. The number of anilines is 1. The Balaban J connectivity index is 1.66. The van der Waals surface area contributed by atoms with Gasteiger partial charge >= 0.3 is 0 Å². The first-order chi connectivity index (χ1) is 12.6. The van der Waals surface area contributed by atoms with Crippen LogP contribution < -0.4 is 16.4 Å². The highest BCUT2D eigenvalue weighted by atomic mass is 32.1. The van der Waals surface area contributed by atoms with E-state index in [1.54, 1.807) is 34.5 Å². The van der Waals surface area contributed by atoms with Crippen molar-refractivity contribution in [2.24, 2.45) is 12.8 Å². The van der Waals surface area contributed by atoms with Crippen LogP contribution in [0.25, 0.3) is 10.6 Å². The number of rotatable bonds is 7. The summed E-state index contributed by atoms with van der Waals surface area (Å²) >= 11 is 2.77. The molecule has 3 heterocycles.